The second-order valence-electron chi connectivity index (χ2n) is 5.01. The van der Waals surface area contributed by atoms with Crippen molar-refractivity contribution in [3.63, 3.8) is 0 Å². The molecule has 2 amide bonds. The number of carbonyl (C=O) groups excluding carboxylic acids is 2. The third-order valence-corrected chi connectivity index (χ3v) is 3.32. The fourth-order valence-electron chi connectivity index (χ4n) is 2.00. The number of amides is 2. The molecule has 1 atom stereocenters. The highest BCUT2D eigenvalue weighted by Gasteiger charge is 2.16. The second-order valence-corrected chi connectivity index (χ2v) is 5.01. The van der Waals surface area contributed by atoms with Crippen molar-refractivity contribution >= 4 is 17.5 Å². The van der Waals surface area contributed by atoms with E-state index in [1.165, 1.54) is 0 Å². The van der Waals surface area contributed by atoms with E-state index in [2.05, 4.69) is 10.6 Å². The molecule has 0 radical (unpaired) electrons. The van der Waals surface area contributed by atoms with Gasteiger partial charge in [-0.25, -0.2) is 0 Å². The number of nitrogens with one attached hydrogen (secondary N) is 2. The minimum Gasteiger partial charge on any atom is -0.480 e. The van der Waals surface area contributed by atoms with Crippen molar-refractivity contribution in [1.82, 2.24) is 5.32 Å². The molecule has 1 unspecified atom stereocenters. The Bertz CT molecular complexity index is 779. The molecule has 0 aliphatic heterocycles. The summed E-state index contributed by atoms with van der Waals surface area (Å²) in [4.78, 5) is 23.7. The lowest BCUT2D eigenvalue weighted by Gasteiger charge is -2.15. The van der Waals surface area contributed by atoms with Crippen LogP contribution in [0.5, 0.6) is 5.75 Å². The molecular weight excluding hydrogens is 306 g/mol. The van der Waals surface area contributed by atoms with E-state index in [0.717, 1.165) is 0 Å². The van der Waals surface area contributed by atoms with E-state index in [0.29, 0.717) is 22.6 Å². The first-order valence-electron chi connectivity index (χ1n) is 7.34. The third-order valence-electron chi connectivity index (χ3n) is 3.32. The molecule has 2 aromatic carbocycles. The van der Waals surface area contributed by atoms with Crippen molar-refractivity contribution in [3.05, 3.63) is 59.7 Å². The summed E-state index contributed by atoms with van der Waals surface area (Å²) in [6, 6.07) is 15.2. The van der Waals surface area contributed by atoms with Crippen LogP contribution < -0.4 is 15.4 Å². The highest BCUT2D eigenvalue weighted by molar-refractivity contribution is 5.96. The van der Waals surface area contributed by atoms with E-state index < -0.39 is 6.10 Å². The Balaban J connectivity index is 2.01. The van der Waals surface area contributed by atoms with Crippen LogP contribution in [0.4, 0.5) is 5.69 Å². The number of rotatable bonds is 5. The van der Waals surface area contributed by atoms with Gasteiger partial charge in [0.25, 0.3) is 11.8 Å². The molecule has 0 aliphatic rings. The van der Waals surface area contributed by atoms with E-state index in [1.807, 2.05) is 6.07 Å². The monoisotopic (exact) mass is 323 g/mol. The number of nitrogens with zero attached hydrogens (tertiary/aromatic N) is 1. The maximum Gasteiger partial charge on any atom is 0.265 e. The van der Waals surface area contributed by atoms with Crippen molar-refractivity contribution in [3.8, 4) is 11.8 Å². The van der Waals surface area contributed by atoms with Gasteiger partial charge in [0.15, 0.2) is 6.10 Å². The molecule has 0 fully saturated rings. The van der Waals surface area contributed by atoms with E-state index in [4.69, 9.17) is 10.00 Å². The number of ether oxygens (including phenoxy) is 1. The minimum absolute atomic E-state index is 0.197. The van der Waals surface area contributed by atoms with Gasteiger partial charge in [0.1, 0.15) is 11.8 Å². The Labute approximate surface area is 140 Å². The first-order chi connectivity index (χ1) is 11.5. The predicted octanol–water partition coefficient (Wildman–Crippen LogP) is 2.32. The van der Waals surface area contributed by atoms with Gasteiger partial charge in [0, 0.05) is 18.3 Å². The van der Waals surface area contributed by atoms with Crippen LogP contribution in [0.15, 0.2) is 48.5 Å². The molecule has 6 nitrogen and oxygen atoms in total. The molecule has 0 saturated carbocycles. The van der Waals surface area contributed by atoms with Gasteiger partial charge >= 0.3 is 0 Å². The van der Waals surface area contributed by atoms with Gasteiger partial charge in [-0.05, 0) is 43.3 Å². The molecule has 0 bridgehead atoms. The summed E-state index contributed by atoms with van der Waals surface area (Å²) in [5.41, 5.74) is 1.42. The lowest BCUT2D eigenvalue weighted by atomic mass is 10.2. The summed E-state index contributed by atoms with van der Waals surface area (Å²) >= 11 is 0. The maximum atomic E-state index is 12.2. The van der Waals surface area contributed by atoms with Crippen LogP contribution in [0.2, 0.25) is 0 Å². The molecule has 122 valence electrons. The van der Waals surface area contributed by atoms with E-state index in [1.54, 1.807) is 62.5 Å². The lowest BCUT2D eigenvalue weighted by Crippen LogP contribution is -2.30. The van der Waals surface area contributed by atoms with Crippen LogP contribution in [-0.2, 0) is 4.79 Å². The van der Waals surface area contributed by atoms with E-state index >= 15 is 0 Å². The molecule has 2 N–H and O–H groups in total. The number of nitriles is 1. The second kappa shape index (κ2) is 7.79. The first kappa shape index (κ1) is 17.0. The fraction of sp³-hybridized carbons (Fsp3) is 0.167. The van der Waals surface area contributed by atoms with Gasteiger partial charge < -0.3 is 15.4 Å². The largest absolute Gasteiger partial charge is 0.480 e. The summed E-state index contributed by atoms with van der Waals surface area (Å²) in [6.07, 6.45) is -0.780. The van der Waals surface area contributed by atoms with Crippen LogP contribution >= 0.6 is 0 Å². The van der Waals surface area contributed by atoms with E-state index in [-0.39, 0.29) is 11.8 Å². The predicted molar refractivity (Wildman–Crippen MR) is 89.7 cm³/mol. The molecule has 0 aromatic heterocycles. The number of carbonyl (C=O) groups is 2. The highest BCUT2D eigenvalue weighted by Crippen LogP contribution is 2.19. The van der Waals surface area contributed by atoms with Crippen molar-refractivity contribution < 1.29 is 14.3 Å². The molecule has 0 saturated heterocycles. The minimum atomic E-state index is -0.780. The van der Waals surface area contributed by atoms with Gasteiger partial charge in [-0.3, -0.25) is 9.59 Å². The van der Waals surface area contributed by atoms with Crippen molar-refractivity contribution in [2.24, 2.45) is 0 Å². The number of anilines is 1. The molecule has 0 heterocycles. The van der Waals surface area contributed by atoms with Crippen LogP contribution in [0.3, 0.4) is 0 Å². The van der Waals surface area contributed by atoms with E-state index in [9.17, 15) is 9.59 Å². The standard InChI is InChI=1S/C18H17N3O3/c1-12(24-16-6-4-3-5-14(16)11-19)17(22)21-15-9-7-13(8-10-15)18(23)20-2/h3-10,12H,1-2H3,(H,20,23)(H,21,22). The number of para-hydroxylation sites is 1. The summed E-state index contributed by atoms with van der Waals surface area (Å²) in [6.45, 7) is 1.60. The number of benzene rings is 2. The molecule has 0 spiro atoms. The fourth-order valence-corrected chi connectivity index (χ4v) is 2.00. The molecule has 24 heavy (non-hydrogen) atoms. The highest BCUT2D eigenvalue weighted by atomic mass is 16.5. The zero-order valence-corrected chi connectivity index (χ0v) is 13.4. The van der Waals surface area contributed by atoms with Gasteiger partial charge in [-0.2, -0.15) is 5.26 Å². The molecule has 0 aliphatic carbocycles. The Morgan fingerprint density at radius 2 is 1.79 bits per heavy atom. The van der Waals surface area contributed by atoms with Crippen LogP contribution in [0, 0.1) is 11.3 Å². The molecule has 2 aromatic rings. The Hall–Kier alpha value is -3.33. The normalized spacial score (nSPS) is 11.0. The van der Waals surface area contributed by atoms with Crippen LogP contribution in [0.25, 0.3) is 0 Å². The average Bonchev–Trinajstić information content (AvgIpc) is 2.62. The Morgan fingerprint density at radius 3 is 2.42 bits per heavy atom. The van der Waals surface area contributed by atoms with Crippen molar-refractivity contribution in [1.29, 1.82) is 5.26 Å². The smallest absolute Gasteiger partial charge is 0.265 e. The molecule has 6 heteroatoms. The number of hydrogen-bond acceptors (Lipinski definition) is 4. The van der Waals surface area contributed by atoms with Gasteiger partial charge in [-0.1, -0.05) is 12.1 Å². The first-order valence-corrected chi connectivity index (χ1v) is 7.34. The Kier molecular flexibility index (Phi) is 5.53. The lowest BCUT2D eigenvalue weighted by molar-refractivity contribution is -0.122. The van der Waals surface area contributed by atoms with Crippen LogP contribution in [0.1, 0.15) is 22.8 Å². The number of hydrogen-bond donors (Lipinski definition) is 2. The van der Waals surface area contributed by atoms with Crippen molar-refractivity contribution in [2.45, 2.75) is 13.0 Å². The summed E-state index contributed by atoms with van der Waals surface area (Å²) in [7, 11) is 1.55. The summed E-state index contributed by atoms with van der Waals surface area (Å²) in [5, 5.41) is 14.3. The summed E-state index contributed by atoms with van der Waals surface area (Å²) in [5.74, 6) is -0.189. The molecule has 2 rings (SSSR count). The van der Waals surface area contributed by atoms with Crippen molar-refractivity contribution in [2.75, 3.05) is 12.4 Å². The zero-order valence-electron chi connectivity index (χ0n) is 13.4. The molecular formula is C18H17N3O3. The van der Waals surface area contributed by atoms with Gasteiger partial charge in [0.05, 0.1) is 5.56 Å². The van der Waals surface area contributed by atoms with Crippen LogP contribution in [-0.4, -0.2) is 25.0 Å². The third kappa shape index (κ3) is 4.11. The maximum absolute atomic E-state index is 12.2. The SMILES string of the molecule is CNC(=O)c1ccc(NC(=O)C(C)Oc2ccccc2C#N)cc1. The quantitative estimate of drug-likeness (QED) is 0.883. The average molecular weight is 323 g/mol. The zero-order chi connectivity index (χ0) is 17.5. The van der Waals surface area contributed by atoms with Gasteiger partial charge in [-0.15, -0.1) is 0 Å². The topological polar surface area (TPSA) is 91.2 Å². The Morgan fingerprint density at radius 1 is 1.12 bits per heavy atom. The van der Waals surface area contributed by atoms with Gasteiger partial charge in [0.2, 0.25) is 0 Å². The summed E-state index contributed by atoms with van der Waals surface area (Å²) < 4.78 is 5.55.